The van der Waals surface area contributed by atoms with E-state index >= 15 is 0 Å². The van der Waals surface area contributed by atoms with Gasteiger partial charge in [-0.1, -0.05) is 23.2 Å². The van der Waals surface area contributed by atoms with Gasteiger partial charge in [-0.2, -0.15) is 0 Å². The largest absolute Gasteiger partial charge is 0.496 e. The molecular weight excluding hydrogens is 238 g/mol. The Hall–Kier alpha value is -1.74. The van der Waals surface area contributed by atoms with Gasteiger partial charge in [-0.15, -0.1) is 0 Å². The Morgan fingerprint density at radius 1 is 1.24 bits per heavy atom. The highest BCUT2D eigenvalue weighted by molar-refractivity contribution is 6.29. The lowest BCUT2D eigenvalue weighted by atomic mass is 10.0. The van der Waals surface area contributed by atoms with Crippen molar-refractivity contribution in [3.05, 3.63) is 51.4 Å². The molecule has 17 heavy (non-hydrogen) atoms. The third-order valence-corrected chi connectivity index (χ3v) is 2.68. The summed E-state index contributed by atoms with van der Waals surface area (Å²) in [5.74, 6) is 0.720. The molecule has 0 radical (unpaired) electrons. The first kappa shape index (κ1) is 11.7. The van der Waals surface area contributed by atoms with Gasteiger partial charge < -0.3 is 9.72 Å². The van der Waals surface area contributed by atoms with Crippen molar-refractivity contribution in [1.29, 1.82) is 0 Å². The van der Waals surface area contributed by atoms with Crippen LogP contribution in [0.5, 0.6) is 5.75 Å². The van der Waals surface area contributed by atoms with Crippen molar-refractivity contribution >= 4 is 11.6 Å². The van der Waals surface area contributed by atoms with Crippen LogP contribution in [0.4, 0.5) is 0 Å². The summed E-state index contributed by atoms with van der Waals surface area (Å²) in [6, 6.07) is 9.00. The predicted molar refractivity (Wildman–Crippen MR) is 68.8 cm³/mol. The molecule has 0 bridgehead atoms. The van der Waals surface area contributed by atoms with Crippen molar-refractivity contribution in [1.82, 2.24) is 4.98 Å². The standard InChI is InChI=1S/C13H12ClNO2/c1-8-3-4-11(17-2)10(5-8)9-6-12(14)15-13(16)7-9/h3-7H,1-2H3,(H,15,16). The van der Waals surface area contributed by atoms with E-state index in [9.17, 15) is 4.79 Å². The van der Waals surface area contributed by atoms with Crippen molar-refractivity contribution < 1.29 is 4.74 Å². The fourth-order valence-corrected chi connectivity index (χ4v) is 1.92. The summed E-state index contributed by atoms with van der Waals surface area (Å²) in [5, 5.41) is 0.316. The molecular formula is C13H12ClNO2. The lowest BCUT2D eigenvalue weighted by molar-refractivity contribution is 0.416. The zero-order chi connectivity index (χ0) is 12.4. The molecule has 0 saturated heterocycles. The summed E-state index contributed by atoms with van der Waals surface area (Å²) in [6.45, 7) is 1.98. The molecule has 1 aromatic carbocycles. The first-order valence-electron chi connectivity index (χ1n) is 5.15. The molecule has 0 atom stereocenters. The van der Waals surface area contributed by atoms with Crippen molar-refractivity contribution in [3.63, 3.8) is 0 Å². The van der Waals surface area contributed by atoms with Crippen LogP contribution in [0.25, 0.3) is 11.1 Å². The number of halogens is 1. The number of rotatable bonds is 2. The number of aryl methyl sites for hydroxylation is 1. The number of nitrogens with one attached hydrogen (secondary N) is 1. The number of methoxy groups -OCH3 is 1. The molecule has 4 heteroatoms. The predicted octanol–water partition coefficient (Wildman–Crippen LogP) is 3.01. The molecule has 0 amide bonds. The Labute approximate surface area is 104 Å². The molecule has 0 unspecified atom stereocenters. The smallest absolute Gasteiger partial charge is 0.249 e. The van der Waals surface area contributed by atoms with Crippen molar-refractivity contribution in [3.8, 4) is 16.9 Å². The molecule has 1 aromatic heterocycles. The number of H-pyrrole nitrogens is 1. The van der Waals surface area contributed by atoms with E-state index in [-0.39, 0.29) is 5.56 Å². The zero-order valence-corrected chi connectivity index (χ0v) is 10.3. The first-order valence-corrected chi connectivity index (χ1v) is 5.53. The lowest BCUT2D eigenvalue weighted by Gasteiger charge is -2.09. The number of ether oxygens (including phenoxy) is 1. The average molecular weight is 250 g/mol. The minimum absolute atomic E-state index is 0.226. The molecule has 0 saturated carbocycles. The molecule has 2 aromatic rings. The van der Waals surface area contributed by atoms with E-state index in [2.05, 4.69) is 4.98 Å². The van der Waals surface area contributed by atoms with E-state index in [4.69, 9.17) is 16.3 Å². The lowest BCUT2D eigenvalue weighted by Crippen LogP contribution is -2.04. The first-order chi connectivity index (χ1) is 8.10. The number of aromatic nitrogens is 1. The Bertz CT molecular complexity index is 605. The Morgan fingerprint density at radius 3 is 2.65 bits per heavy atom. The molecule has 1 N–H and O–H groups in total. The van der Waals surface area contributed by atoms with Crippen molar-refractivity contribution in [2.75, 3.05) is 7.11 Å². The number of aromatic amines is 1. The van der Waals surface area contributed by atoms with Crippen LogP contribution in [0.1, 0.15) is 5.56 Å². The van der Waals surface area contributed by atoms with Gasteiger partial charge in [0, 0.05) is 11.6 Å². The summed E-state index contributed by atoms with van der Waals surface area (Å²) in [7, 11) is 1.60. The molecule has 3 nitrogen and oxygen atoms in total. The third-order valence-electron chi connectivity index (χ3n) is 2.48. The van der Waals surface area contributed by atoms with Gasteiger partial charge in [-0.3, -0.25) is 4.79 Å². The Morgan fingerprint density at radius 2 is 2.00 bits per heavy atom. The van der Waals surface area contributed by atoms with Crippen molar-refractivity contribution in [2.45, 2.75) is 6.92 Å². The highest BCUT2D eigenvalue weighted by Crippen LogP contribution is 2.30. The van der Waals surface area contributed by atoms with Crippen LogP contribution in [-0.4, -0.2) is 12.1 Å². The molecule has 0 aliphatic carbocycles. The van der Waals surface area contributed by atoms with Gasteiger partial charge in [0.05, 0.1) is 7.11 Å². The van der Waals surface area contributed by atoms with Crippen LogP contribution in [0.2, 0.25) is 5.15 Å². The molecule has 2 rings (SSSR count). The topological polar surface area (TPSA) is 42.1 Å². The summed E-state index contributed by atoms with van der Waals surface area (Å²) < 4.78 is 5.28. The summed E-state index contributed by atoms with van der Waals surface area (Å²) in [6.07, 6.45) is 0. The van der Waals surface area contributed by atoms with E-state index in [1.807, 2.05) is 25.1 Å². The van der Waals surface area contributed by atoms with Crippen molar-refractivity contribution in [2.24, 2.45) is 0 Å². The highest BCUT2D eigenvalue weighted by Gasteiger charge is 2.07. The summed E-state index contributed by atoms with van der Waals surface area (Å²) in [5.41, 5.74) is 2.48. The van der Waals surface area contributed by atoms with Crippen LogP contribution < -0.4 is 10.3 Å². The quantitative estimate of drug-likeness (QED) is 0.832. The third kappa shape index (κ3) is 2.50. The minimum Gasteiger partial charge on any atom is -0.496 e. The maximum absolute atomic E-state index is 11.4. The minimum atomic E-state index is -0.226. The van der Waals surface area contributed by atoms with Gasteiger partial charge >= 0.3 is 0 Å². The molecule has 0 spiro atoms. The van der Waals surface area contributed by atoms with E-state index in [0.717, 1.165) is 22.4 Å². The number of hydrogen-bond acceptors (Lipinski definition) is 2. The normalized spacial score (nSPS) is 10.3. The van der Waals surface area contributed by atoms with E-state index in [1.54, 1.807) is 13.2 Å². The fourth-order valence-electron chi connectivity index (χ4n) is 1.71. The maximum Gasteiger partial charge on any atom is 0.249 e. The van der Waals surface area contributed by atoms with Crippen LogP contribution in [0.3, 0.4) is 0 Å². The maximum atomic E-state index is 11.4. The number of pyridine rings is 1. The molecule has 88 valence electrons. The average Bonchev–Trinajstić information content (AvgIpc) is 2.27. The summed E-state index contributed by atoms with van der Waals surface area (Å²) >= 11 is 5.84. The summed E-state index contributed by atoms with van der Waals surface area (Å²) in [4.78, 5) is 13.9. The SMILES string of the molecule is COc1ccc(C)cc1-c1cc(Cl)[nH]c(=O)c1. The zero-order valence-electron chi connectivity index (χ0n) is 9.58. The van der Waals surface area contributed by atoms with Gasteiger partial charge in [-0.05, 0) is 30.7 Å². The van der Waals surface area contributed by atoms with Gasteiger partial charge in [0.25, 0.3) is 0 Å². The molecule has 0 aliphatic heterocycles. The van der Waals surface area contributed by atoms with Gasteiger partial charge in [0.15, 0.2) is 0 Å². The monoisotopic (exact) mass is 249 g/mol. The molecule has 0 fully saturated rings. The van der Waals surface area contributed by atoms with Gasteiger partial charge in [-0.25, -0.2) is 0 Å². The van der Waals surface area contributed by atoms with Crippen LogP contribution in [-0.2, 0) is 0 Å². The van der Waals surface area contributed by atoms with E-state index in [1.165, 1.54) is 6.07 Å². The van der Waals surface area contributed by atoms with Crippen LogP contribution in [0.15, 0.2) is 35.1 Å². The van der Waals surface area contributed by atoms with Crippen LogP contribution >= 0.6 is 11.6 Å². The fraction of sp³-hybridized carbons (Fsp3) is 0.154. The second-order valence-corrected chi connectivity index (χ2v) is 4.19. The molecule has 1 heterocycles. The highest BCUT2D eigenvalue weighted by atomic mass is 35.5. The van der Waals surface area contributed by atoms with E-state index < -0.39 is 0 Å². The second kappa shape index (κ2) is 4.63. The van der Waals surface area contributed by atoms with Crippen LogP contribution in [0, 0.1) is 6.92 Å². The Balaban J connectivity index is 2.66. The molecule has 0 aliphatic rings. The number of benzene rings is 1. The second-order valence-electron chi connectivity index (χ2n) is 3.78. The van der Waals surface area contributed by atoms with Gasteiger partial charge in [0.2, 0.25) is 5.56 Å². The van der Waals surface area contributed by atoms with E-state index in [0.29, 0.717) is 5.15 Å². The number of hydrogen-bond donors (Lipinski definition) is 1. The Kier molecular flexibility index (Phi) is 3.20. The van der Waals surface area contributed by atoms with Gasteiger partial charge in [0.1, 0.15) is 10.9 Å².